The molecule has 5 heteroatoms. The van der Waals surface area contributed by atoms with Gasteiger partial charge in [-0.2, -0.15) is 0 Å². The van der Waals surface area contributed by atoms with Crippen molar-refractivity contribution >= 4 is 12.1 Å². The second-order valence-corrected chi connectivity index (χ2v) is 3.38. The molecule has 0 fully saturated rings. The zero-order valence-electron chi connectivity index (χ0n) is 8.46. The van der Waals surface area contributed by atoms with E-state index in [9.17, 15) is 0 Å². The second-order valence-electron chi connectivity index (χ2n) is 3.38. The number of nitrogens with zero attached hydrogens (tertiary/aromatic N) is 4. The SMILES string of the molecule is C1=NCC(c2cccc(-c3ncc[nH]3)n2)=N1. The molecule has 2 aromatic heterocycles. The minimum Gasteiger partial charge on any atom is -0.343 e. The Bertz CT molecular complexity index is 554. The molecule has 1 N–H and O–H groups in total. The maximum absolute atomic E-state index is 4.49. The number of aromatic nitrogens is 3. The molecule has 78 valence electrons. The lowest BCUT2D eigenvalue weighted by Crippen LogP contribution is -2.05. The quantitative estimate of drug-likeness (QED) is 0.813. The first kappa shape index (κ1) is 8.96. The Morgan fingerprint density at radius 1 is 1.19 bits per heavy atom. The summed E-state index contributed by atoms with van der Waals surface area (Å²) >= 11 is 0. The molecular weight excluding hydrogens is 202 g/mol. The fraction of sp³-hybridized carbons (Fsp3) is 0.0909. The molecule has 0 saturated carbocycles. The lowest BCUT2D eigenvalue weighted by atomic mass is 10.2. The highest BCUT2D eigenvalue weighted by molar-refractivity contribution is 6.07. The molecule has 1 aliphatic heterocycles. The molecule has 0 saturated heterocycles. The Morgan fingerprint density at radius 3 is 2.88 bits per heavy atom. The standard InChI is InChI=1S/C11H9N5/c1-2-8(10-6-12-7-15-10)16-9(3-1)11-13-4-5-14-11/h1-5,7H,6H2,(H,13,14). The second kappa shape index (κ2) is 3.69. The van der Waals surface area contributed by atoms with E-state index in [0.29, 0.717) is 6.54 Å². The first-order valence-electron chi connectivity index (χ1n) is 4.95. The van der Waals surface area contributed by atoms with Crippen molar-refractivity contribution in [1.29, 1.82) is 0 Å². The normalized spacial score (nSPS) is 14.1. The highest BCUT2D eigenvalue weighted by Gasteiger charge is 2.09. The van der Waals surface area contributed by atoms with E-state index in [1.807, 2.05) is 18.2 Å². The van der Waals surface area contributed by atoms with E-state index in [1.165, 1.54) is 0 Å². The molecule has 2 aromatic rings. The van der Waals surface area contributed by atoms with Crippen LogP contribution in [-0.2, 0) is 0 Å². The predicted molar refractivity (Wildman–Crippen MR) is 61.7 cm³/mol. The minimum atomic E-state index is 0.606. The third-order valence-electron chi connectivity index (χ3n) is 2.32. The van der Waals surface area contributed by atoms with Gasteiger partial charge in [-0.1, -0.05) is 6.07 Å². The average Bonchev–Trinajstić information content (AvgIpc) is 3.03. The summed E-state index contributed by atoms with van der Waals surface area (Å²) in [5.74, 6) is 0.765. The molecule has 1 aliphatic rings. The summed E-state index contributed by atoms with van der Waals surface area (Å²) in [5, 5.41) is 0. The lowest BCUT2D eigenvalue weighted by Gasteiger charge is -2.01. The first-order chi connectivity index (χ1) is 7.93. The van der Waals surface area contributed by atoms with Crippen molar-refractivity contribution in [2.75, 3.05) is 6.54 Å². The number of H-pyrrole nitrogens is 1. The Kier molecular flexibility index (Phi) is 2.07. The zero-order chi connectivity index (χ0) is 10.8. The molecule has 0 aliphatic carbocycles. The van der Waals surface area contributed by atoms with Crippen LogP contribution in [0.1, 0.15) is 5.69 Å². The molecule has 0 aromatic carbocycles. The van der Waals surface area contributed by atoms with Gasteiger partial charge in [0.15, 0.2) is 5.82 Å². The average molecular weight is 211 g/mol. The molecular formula is C11H9N5. The van der Waals surface area contributed by atoms with Crippen LogP contribution in [-0.4, -0.2) is 33.5 Å². The van der Waals surface area contributed by atoms with Crippen molar-refractivity contribution in [3.63, 3.8) is 0 Å². The molecule has 0 amide bonds. The van der Waals surface area contributed by atoms with Crippen LogP contribution in [0.5, 0.6) is 0 Å². The monoisotopic (exact) mass is 211 g/mol. The molecule has 0 radical (unpaired) electrons. The van der Waals surface area contributed by atoms with Gasteiger partial charge in [-0.25, -0.2) is 15.0 Å². The van der Waals surface area contributed by atoms with E-state index in [1.54, 1.807) is 18.7 Å². The maximum atomic E-state index is 4.49. The number of imidazole rings is 1. The summed E-state index contributed by atoms with van der Waals surface area (Å²) in [6.45, 7) is 0.606. The Morgan fingerprint density at radius 2 is 2.12 bits per heavy atom. The highest BCUT2D eigenvalue weighted by Crippen LogP contribution is 2.12. The number of rotatable bonds is 2. The molecule has 0 unspecified atom stereocenters. The van der Waals surface area contributed by atoms with E-state index in [4.69, 9.17) is 0 Å². The molecule has 0 spiro atoms. The van der Waals surface area contributed by atoms with Crippen molar-refractivity contribution in [3.05, 3.63) is 36.3 Å². The van der Waals surface area contributed by atoms with Crippen LogP contribution < -0.4 is 0 Å². The van der Waals surface area contributed by atoms with Crippen molar-refractivity contribution < 1.29 is 0 Å². The Balaban J connectivity index is 2.00. The van der Waals surface area contributed by atoms with Crippen molar-refractivity contribution in [2.45, 2.75) is 0 Å². The molecule has 3 heterocycles. The largest absolute Gasteiger partial charge is 0.343 e. The first-order valence-corrected chi connectivity index (χ1v) is 4.95. The van der Waals surface area contributed by atoms with Crippen LogP contribution in [0.2, 0.25) is 0 Å². The number of pyridine rings is 1. The van der Waals surface area contributed by atoms with Gasteiger partial charge in [-0.05, 0) is 12.1 Å². The summed E-state index contributed by atoms with van der Waals surface area (Å²) < 4.78 is 0. The fourth-order valence-corrected chi connectivity index (χ4v) is 1.56. The third-order valence-corrected chi connectivity index (χ3v) is 2.32. The molecule has 3 rings (SSSR count). The number of hydrogen-bond donors (Lipinski definition) is 1. The number of nitrogens with one attached hydrogen (secondary N) is 1. The molecule has 16 heavy (non-hydrogen) atoms. The highest BCUT2D eigenvalue weighted by atomic mass is 15.0. The summed E-state index contributed by atoms with van der Waals surface area (Å²) in [7, 11) is 0. The van der Waals surface area contributed by atoms with Gasteiger partial charge in [0.2, 0.25) is 0 Å². The molecule has 0 bridgehead atoms. The fourth-order valence-electron chi connectivity index (χ4n) is 1.56. The number of hydrogen-bond acceptors (Lipinski definition) is 4. The van der Waals surface area contributed by atoms with Crippen LogP contribution in [0.3, 0.4) is 0 Å². The van der Waals surface area contributed by atoms with Gasteiger partial charge in [-0.3, -0.25) is 4.99 Å². The topological polar surface area (TPSA) is 66.3 Å². The van der Waals surface area contributed by atoms with Gasteiger partial charge in [0.25, 0.3) is 0 Å². The Labute approximate surface area is 92.0 Å². The van der Waals surface area contributed by atoms with Gasteiger partial charge in [0, 0.05) is 12.4 Å². The number of aromatic amines is 1. The van der Waals surface area contributed by atoms with Crippen LogP contribution >= 0.6 is 0 Å². The van der Waals surface area contributed by atoms with Crippen LogP contribution in [0.25, 0.3) is 11.5 Å². The van der Waals surface area contributed by atoms with E-state index in [2.05, 4.69) is 24.9 Å². The zero-order valence-corrected chi connectivity index (χ0v) is 8.46. The summed E-state index contributed by atoms with van der Waals surface area (Å²) in [4.78, 5) is 19.9. The van der Waals surface area contributed by atoms with Crippen molar-refractivity contribution in [3.8, 4) is 11.5 Å². The maximum Gasteiger partial charge on any atom is 0.155 e. The van der Waals surface area contributed by atoms with Gasteiger partial charge in [0.05, 0.1) is 18.0 Å². The Hall–Kier alpha value is -2.30. The van der Waals surface area contributed by atoms with Crippen LogP contribution in [0, 0.1) is 0 Å². The van der Waals surface area contributed by atoms with Gasteiger partial charge >= 0.3 is 0 Å². The molecule has 5 nitrogen and oxygen atoms in total. The predicted octanol–water partition coefficient (Wildman–Crippen LogP) is 1.30. The van der Waals surface area contributed by atoms with E-state index in [0.717, 1.165) is 22.9 Å². The van der Waals surface area contributed by atoms with E-state index >= 15 is 0 Å². The number of aliphatic imine (C=N–C) groups is 2. The third kappa shape index (κ3) is 1.52. The van der Waals surface area contributed by atoms with Gasteiger partial charge in [0.1, 0.15) is 12.0 Å². The van der Waals surface area contributed by atoms with Crippen LogP contribution in [0.15, 0.2) is 40.6 Å². The van der Waals surface area contributed by atoms with Gasteiger partial charge in [-0.15, -0.1) is 0 Å². The van der Waals surface area contributed by atoms with Crippen molar-refractivity contribution in [1.82, 2.24) is 15.0 Å². The smallest absolute Gasteiger partial charge is 0.155 e. The molecule has 0 atom stereocenters. The summed E-state index contributed by atoms with van der Waals surface area (Å²) in [6, 6.07) is 5.79. The minimum absolute atomic E-state index is 0.606. The van der Waals surface area contributed by atoms with E-state index < -0.39 is 0 Å². The summed E-state index contributed by atoms with van der Waals surface area (Å²) in [6.07, 6.45) is 5.05. The van der Waals surface area contributed by atoms with Gasteiger partial charge < -0.3 is 4.98 Å². The van der Waals surface area contributed by atoms with Crippen LogP contribution in [0.4, 0.5) is 0 Å². The van der Waals surface area contributed by atoms with Crippen molar-refractivity contribution in [2.24, 2.45) is 9.98 Å². The summed E-state index contributed by atoms with van der Waals surface area (Å²) in [5.41, 5.74) is 2.57. The lowest BCUT2D eigenvalue weighted by molar-refractivity contribution is 1.20. The van der Waals surface area contributed by atoms with E-state index in [-0.39, 0.29) is 0 Å².